The largest absolute Gasteiger partial charge is 0.339 e. The average molecular weight is 423 g/mol. The van der Waals surface area contributed by atoms with Gasteiger partial charge in [-0.3, -0.25) is 4.79 Å². The standard InChI is InChI=1S/C22H22N4OS2/c1-25-12-10-15-20(14-25)29-22(23-15)24-21(27)11-13-26-16-6-2-4-8-18(16)28-19-9-5-3-7-17(19)26/h2-9H,10-14H2,1H3,(H,23,24,27). The Morgan fingerprint density at radius 2 is 1.79 bits per heavy atom. The molecule has 0 radical (unpaired) electrons. The second-order valence-electron chi connectivity index (χ2n) is 7.36. The minimum atomic E-state index is 0.0117. The van der Waals surface area contributed by atoms with Crippen LogP contribution in [0.2, 0.25) is 0 Å². The van der Waals surface area contributed by atoms with Gasteiger partial charge in [-0.2, -0.15) is 0 Å². The maximum absolute atomic E-state index is 12.7. The first kappa shape index (κ1) is 18.7. The molecule has 3 heterocycles. The van der Waals surface area contributed by atoms with Gasteiger partial charge in [-0.25, -0.2) is 4.98 Å². The van der Waals surface area contributed by atoms with E-state index in [0.717, 1.165) is 41.7 Å². The predicted octanol–water partition coefficient (Wildman–Crippen LogP) is 4.76. The molecule has 0 saturated carbocycles. The number of nitrogens with zero attached hydrogens (tertiary/aromatic N) is 3. The van der Waals surface area contributed by atoms with Crippen LogP contribution in [0.5, 0.6) is 0 Å². The number of benzene rings is 2. The van der Waals surface area contributed by atoms with Crippen LogP contribution in [-0.4, -0.2) is 35.9 Å². The van der Waals surface area contributed by atoms with Gasteiger partial charge in [0, 0.05) is 47.1 Å². The molecule has 29 heavy (non-hydrogen) atoms. The van der Waals surface area contributed by atoms with Crippen molar-refractivity contribution in [3.63, 3.8) is 0 Å². The van der Waals surface area contributed by atoms with Crippen LogP contribution in [0.4, 0.5) is 16.5 Å². The number of aromatic nitrogens is 1. The number of likely N-dealkylation sites (N-methyl/N-ethyl adjacent to an activating group) is 1. The van der Waals surface area contributed by atoms with Gasteiger partial charge >= 0.3 is 0 Å². The van der Waals surface area contributed by atoms with Crippen LogP contribution in [0.1, 0.15) is 17.0 Å². The highest BCUT2D eigenvalue weighted by Gasteiger charge is 2.24. The number of para-hydroxylation sites is 2. The molecule has 0 bridgehead atoms. The fourth-order valence-corrected chi connectivity index (χ4v) is 5.99. The van der Waals surface area contributed by atoms with E-state index in [2.05, 4.69) is 75.7 Å². The molecule has 5 nitrogen and oxygen atoms in total. The van der Waals surface area contributed by atoms with Crippen molar-refractivity contribution in [3.05, 3.63) is 59.1 Å². The van der Waals surface area contributed by atoms with Crippen molar-refractivity contribution in [2.24, 2.45) is 0 Å². The molecule has 2 aromatic carbocycles. The lowest BCUT2D eigenvalue weighted by atomic mass is 10.2. The summed E-state index contributed by atoms with van der Waals surface area (Å²) in [6.07, 6.45) is 1.37. The molecule has 5 rings (SSSR count). The monoisotopic (exact) mass is 422 g/mol. The number of rotatable bonds is 4. The van der Waals surface area contributed by atoms with Crippen molar-refractivity contribution in [3.8, 4) is 0 Å². The SMILES string of the molecule is CN1CCc2nc(NC(=O)CCN3c4ccccc4Sc4ccccc43)sc2C1. The summed E-state index contributed by atoms with van der Waals surface area (Å²) in [5, 5.41) is 3.75. The first-order valence-electron chi connectivity index (χ1n) is 9.78. The summed E-state index contributed by atoms with van der Waals surface area (Å²) in [6, 6.07) is 16.8. The first-order chi connectivity index (χ1) is 14.2. The molecule has 1 N–H and O–H groups in total. The van der Waals surface area contributed by atoms with Gasteiger partial charge in [0.05, 0.1) is 17.1 Å². The van der Waals surface area contributed by atoms with Crippen LogP contribution in [0.25, 0.3) is 0 Å². The molecular weight excluding hydrogens is 400 g/mol. The Balaban J connectivity index is 1.30. The van der Waals surface area contributed by atoms with Gasteiger partial charge in [-0.15, -0.1) is 11.3 Å². The van der Waals surface area contributed by atoms with Crippen molar-refractivity contribution in [2.75, 3.05) is 30.4 Å². The zero-order valence-electron chi connectivity index (χ0n) is 16.2. The first-order valence-corrected chi connectivity index (χ1v) is 11.4. The zero-order chi connectivity index (χ0) is 19.8. The van der Waals surface area contributed by atoms with Gasteiger partial charge in [0.2, 0.25) is 5.91 Å². The van der Waals surface area contributed by atoms with Crippen molar-refractivity contribution >= 4 is 45.5 Å². The minimum absolute atomic E-state index is 0.0117. The Hall–Kier alpha value is -2.35. The molecule has 3 aromatic rings. The number of anilines is 3. The van der Waals surface area contributed by atoms with E-state index in [4.69, 9.17) is 0 Å². The third-order valence-electron chi connectivity index (χ3n) is 5.26. The Bertz CT molecular complexity index is 1020. The molecule has 7 heteroatoms. The van der Waals surface area contributed by atoms with Crippen LogP contribution in [0.15, 0.2) is 58.3 Å². The second-order valence-corrected chi connectivity index (χ2v) is 9.53. The number of amides is 1. The van der Waals surface area contributed by atoms with E-state index in [9.17, 15) is 4.79 Å². The summed E-state index contributed by atoms with van der Waals surface area (Å²) >= 11 is 3.39. The van der Waals surface area contributed by atoms with Gasteiger partial charge in [0.1, 0.15) is 0 Å². The van der Waals surface area contributed by atoms with Crippen molar-refractivity contribution in [1.82, 2.24) is 9.88 Å². The number of carbonyl (C=O) groups excluding carboxylic acids is 1. The lowest BCUT2D eigenvalue weighted by Gasteiger charge is -2.32. The summed E-state index contributed by atoms with van der Waals surface area (Å²) in [6.45, 7) is 2.58. The number of fused-ring (bicyclic) bond motifs is 3. The number of carbonyl (C=O) groups is 1. The van der Waals surface area contributed by atoms with Crippen LogP contribution in [0.3, 0.4) is 0 Å². The fraction of sp³-hybridized carbons (Fsp3) is 0.273. The Morgan fingerprint density at radius 3 is 2.52 bits per heavy atom. The molecule has 0 aliphatic carbocycles. The normalized spacial score (nSPS) is 15.4. The maximum atomic E-state index is 12.7. The van der Waals surface area contributed by atoms with E-state index >= 15 is 0 Å². The van der Waals surface area contributed by atoms with Gasteiger partial charge < -0.3 is 15.1 Å². The minimum Gasteiger partial charge on any atom is -0.339 e. The van der Waals surface area contributed by atoms with Crippen molar-refractivity contribution in [1.29, 1.82) is 0 Å². The van der Waals surface area contributed by atoms with Crippen LogP contribution in [-0.2, 0) is 17.8 Å². The van der Waals surface area contributed by atoms with Crippen LogP contribution in [0, 0.1) is 0 Å². The van der Waals surface area contributed by atoms with E-state index in [1.54, 1.807) is 23.1 Å². The molecule has 1 amide bonds. The summed E-state index contributed by atoms with van der Waals surface area (Å²) < 4.78 is 0. The van der Waals surface area contributed by atoms with Crippen molar-refractivity contribution in [2.45, 2.75) is 29.2 Å². The average Bonchev–Trinajstić information content (AvgIpc) is 3.12. The molecular formula is C22H22N4OS2. The second kappa shape index (κ2) is 7.82. The van der Waals surface area contributed by atoms with Crippen LogP contribution < -0.4 is 10.2 Å². The molecule has 0 atom stereocenters. The van der Waals surface area contributed by atoms with Gasteiger partial charge in [-0.05, 0) is 31.3 Å². The molecule has 0 fully saturated rings. The molecule has 0 saturated heterocycles. The molecule has 1 aromatic heterocycles. The number of hydrogen-bond donors (Lipinski definition) is 1. The Morgan fingerprint density at radius 1 is 1.10 bits per heavy atom. The topological polar surface area (TPSA) is 48.5 Å². The number of nitrogens with one attached hydrogen (secondary N) is 1. The molecule has 0 unspecified atom stereocenters. The smallest absolute Gasteiger partial charge is 0.227 e. The fourth-order valence-electron chi connectivity index (χ4n) is 3.79. The zero-order valence-corrected chi connectivity index (χ0v) is 17.9. The predicted molar refractivity (Wildman–Crippen MR) is 119 cm³/mol. The van der Waals surface area contributed by atoms with Gasteiger partial charge in [0.15, 0.2) is 5.13 Å². The lowest BCUT2D eigenvalue weighted by Crippen LogP contribution is -2.26. The van der Waals surface area contributed by atoms with E-state index in [0.29, 0.717) is 13.0 Å². The molecule has 2 aliphatic heterocycles. The lowest BCUT2D eigenvalue weighted by molar-refractivity contribution is -0.116. The summed E-state index contributed by atoms with van der Waals surface area (Å²) in [5.74, 6) is 0.0117. The summed E-state index contributed by atoms with van der Waals surface area (Å²) in [4.78, 5) is 25.6. The summed E-state index contributed by atoms with van der Waals surface area (Å²) in [5.41, 5.74) is 3.47. The van der Waals surface area contributed by atoms with E-state index < -0.39 is 0 Å². The third-order valence-corrected chi connectivity index (χ3v) is 7.39. The highest BCUT2D eigenvalue weighted by atomic mass is 32.2. The van der Waals surface area contributed by atoms with E-state index in [-0.39, 0.29) is 5.91 Å². The third kappa shape index (κ3) is 3.77. The quantitative estimate of drug-likeness (QED) is 0.657. The van der Waals surface area contributed by atoms with Gasteiger partial charge in [0.25, 0.3) is 0 Å². The summed E-state index contributed by atoms with van der Waals surface area (Å²) in [7, 11) is 2.12. The number of thiazole rings is 1. The van der Waals surface area contributed by atoms with Crippen LogP contribution >= 0.6 is 23.1 Å². The maximum Gasteiger partial charge on any atom is 0.227 e. The Labute approximate surface area is 178 Å². The molecule has 148 valence electrons. The molecule has 2 aliphatic rings. The van der Waals surface area contributed by atoms with E-state index in [1.165, 1.54) is 14.7 Å². The highest BCUT2D eigenvalue weighted by Crippen LogP contribution is 2.47. The Kier molecular flexibility index (Phi) is 5.03. The van der Waals surface area contributed by atoms with Crippen molar-refractivity contribution < 1.29 is 4.79 Å². The van der Waals surface area contributed by atoms with Gasteiger partial charge in [-0.1, -0.05) is 36.0 Å². The van der Waals surface area contributed by atoms with E-state index in [1.807, 2.05) is 0 Å². The highest BCUT2D eigenvalue weighted by molar-refractivity contribution is 7.99. The molecule has 0 spiro atoms. The number of hydrogen-bond acceptors (Lipinski definition) is 6.